The molecule has 390 valence electrons. The molecular weight excluding hydrogens is 1010 g/mol. The van der Waals surface area contributed by atoms with Crippen molar-refractivity contribution < 1.29 is 119 Å². The molecule has 1 aliphatic heterocycles. The minimum atomic E-state index is -5.81. The third-order valence-corrected chi connectivity index (χ3v) is 12.2. The van der Waals surface area contributed by atoms with Crippen LogP contribution >= 0.6 is 31.3 Å². The normalized spacial score (nSPS) is 21.9. The molecule has 68 heavy (non-hydrogen) atoms. The lowest BCUT2D eigenvalue weighted by Gasteiger charge is -2.45. The number of amides is 1. The Morgan fingerprint density at radius 2 is 1.25 bits per heavy atom. The van der Waals surface area contributed by atoms with Crippen LogP contribution in [0.1, 0.15) is 84.0 Å². The van der Waals surface area contributed by atoms with E-state index in [0.717, 1.165) is 12.8 Å². The van der Waals surface area contributed by atoms with E-state index in [1.54, 1.807) is 6.07 Å². The molecule has 1 heterocycles. The Morgan fingerprint density at radius 3 is 1.84 bits per heavy atom. The predicted octanol–water partition coefficient (Wildman–Crippen LogP) is 1.63. The number of aliphatic hydroxyl groups excluding tert-OH is 2. The van der Waals surface area contributed by atoms with Crippen molar-refractivity contribution in [2.24, 2.45) is 0 Å². The smallest absolute Gasteiger partial charge is 0.462 e. The average molecular weight is 1060 g/mol. The van der Waals surface area contributed by atoms with Gasteiger partial charge in [-0.3, -0.25) is 47.1 Å². The van der Waals surface area contributed by atoms with Gasteiger partial charge in [-0.05, 0) is 38.2 Å². The van der Waals surface area contributed by atoms with Crippen LogP contribution in [0.4, 0.5) is 22.7 Å². The van der Waals surface area contributed by atoms with Crippen LogP contribution < -0.4 is 21.6 Å². The Hall–Kier alpha value is -3.25. The monoisotopic (exact) mass is 1060 g/mol. The Morgan fingerprint density at radius 1 is 0.706 bits per heavy atom. The molecule has 13 N–H and O–H groups in total. The van der Waals surface area contributed by atoms with Gasteiger partial charge in [0.25, 0.3) is 5.69 Å². The molecule has 0 saturated heterocycles. The summed E-state index contributed by atoms with van der Waals surface area (Å²) in [5.41, 5.74) is 6.10. The van der Waals surface area contributed by atoms with E-state index in [0.29, 0.717) is 69.4 Å². The minimum absolute atomic E-state index is 0.125. The number of phosphoric ester groups is 4. The van der Waals surface area contributed by atoms with Gasteiger partial charge in [-0.25, -0.2) is 29.2 Å². The van der Waals surface area contributed by atoms with E-state index in [4.69, 9.17) is 23.5 Å². The second kappa shape index (κ2) is 27.4. The largest absolute Gasteiger partial charge is 0.472 e. The number of anilines is 3. The van der Waals surface area contributed by atoms with Gasteiger partial charge < -0.3 is 64.6 Å². The first kappa shape index (κ1) is 59.1. The number of carbonyl (C=O) groups excluding carboxylic acids is 3. The van der Waals surface area contributed by atoms with Crippen LogP contribution in [0.25, 0.3) is 0 Å². The fraction of sp³-hybridized carbons (Fsp3) is 0.727. The number of hydrogen-bond donors (Lipinski definition) is 13. The average Bonchev–Trinajstić information content (AvgIpc) is 3.72. The van der Waals surface area contributed by atoms with E-state index < -0.39 is 104 Å². The van der Waals surface area contributed by atoms with Crippen molar-refractivity contribution in [3.8, 4) is 0 Å². The van der Waals surface area contributed by atoms with E-state index in [-0.39, 0.29) is 36.5 Å². The summed E-state index contributed by atoms with van der Waals surface area (Å²) in [5, 5.41) is 38.8. The molecule has 0 bridgehead atoms. The molecule has 35 heteroatoms. The van der Waals surface area contributed by atoms with Gasteiger partial charge in [0.2, 0.25) is 5.91 Å². The number of nitro groups is 1. The van der Waals surface area contributed by atoms with Crippen molar-refractivity contribution >= 4 is 71.9 Å². The van der Waals surface area contributed by atoms with Gasteiger partial charge >= 0.3 is 43.2 Å². The van der Waals surface area contributed by atoms with Crippen molar-refractivity contribution in [1.82, 2.24) is 5.32 Å². The number of carbonyl (C=O) groups is 3. The summed E-state index contributed by atoms with van der Waals surface area (Å²) in [6, 6.07) is 2.91. The molecule has 3 rings (SSSR count). The number of nitrogens with one attached hydrogen (secondary N) is 4. The van der Waals surface area contributed by atoms with Crippen molar-refractivity contribution in [2.45, 2.75) is 127 Å². The number of phosphoric acid groups is 4. The quantitative estimate of drug-likeness (QED) is 0.0160. The number of rotatable bonds is 32. The second-order valence-corrected chi connectivity index (χ2v) is 20.1. The summed E-state index contributed by atoms with van der Waals surface area (Å²) in [4.78, 5) is 120. The lowest BCUT2D eigenvalue weighted by atomic mass is 9.85. The first-order chi connectivity index (χ1) is 31.7. The topological polar surface area (TPSA) is 467 Å². The highest BCUT2D eigenvalue weighted by Gasteiger charge is 2.59. The number of nitrogens with zero attached hydrogens (tertiary/aromatic N) is 1. The van der Waals surface area contributed by atoms with Crippen LogP contribution in [0.2, 0.25) is 0 Å². The van der Waals surface area contributed by atoms with Crippen molar-refractivity contribution in [3.63, 3.8) is 0 Å². The van der Waals surface area contributed by atoms with Crippen LogP contribution in [0.15, 0.2) is 12.1 Å². The molecule has 1 saturated carbocycles. The summed E-state index contributed by atoms with van der Waals surface area (Å²) in [6.45, 7) is 0.900. The zero-order valence-electron chi connectivity index (χ0n) is 36.2. The number of aliphatic hydroxyl groups is 2. The SMILES string of the molecule is CCCCCC(=O)O[C@H](COC(=O)CCCCCNC(=O)CCCCCNc1ccc([N+](=O)[O-])c2c1NON2)COP(=O)(O)OC1[C@H](O)[C@H](OP(=O)(O)O)C(OP(=O)(O)O)[C@H](OP(=O)(O)O)[C@H]1O. The molecule has 0 spiro atoms. The van der Waals surface area contributed by atoms with Gasteiger partial charge in [-0.2, -0.15) is 4.94 Å². The molecule has 1 aromatic carbocycles. The number of fused-ring (bicyclic) bond motifs is 1. The van der Waals surface area contributed by atoms with Gasteiger partial charge in [0, 0.05) is 38.4 Å². The lowest BCUT2D eigenvalue weighted by Crippen LogP contribution is -2.65. The molecule has 3 unspecified atom stereocenters. The standard InChI is InChI=1S/C33H57N5O26P4/c1-2-3-6-13-25(41)59-20(19-58-68(55,56)63-30-28(42)31(60-65(46,47)48)33(62-67(52,53)54)32(29(30)43)61-66(49,50)51)18-57-24(40)12-8-5-10-17-35-23(39)11-7-4-9-16-34-21-14-15-22(38(44)45)27-26(21)36-64-37-27/h14-15,20,28-34,36-37,42-43H,2-13,16-19H2,1H3,(H,35,39)(H,55,56)(H2,46,47,48)(H2,49,50,51)(H2,52,53,54)/t20-,28+,29+,30?,31-,32+,33?/m1/s1. The van der Waals surface area contributed by atoms with Crippen LogP contribution in [0.3, 0.4) is 0 Å². The molecule has 1 aliphatic carbocycles. The third kappa shape index (κ3) is 21.4. The van der Waals surface area contributed by atoms with Crippen molar-refractivity contribution in [1.29, 1.82) is 0 Å². The number of unbranched alkanes of at least 4 members (excludes halogenated alkanes) is 6. The first-order valence-electron chi connectivity index (χ1n) is 20.8. The molecule has 0 aromatic heterocycles. The number of benzene rings is 1. The fourth-order valence-corrected chi connectivity index (χ4v) is 9.20. The van der Waals surface area contributed by atoms with Crippen LogP contribution in [0.5, 0.6) is 0 Å². The maximum absolute atomic E-state index is 13.1. The van der Waals surface area contributed by atoms with Crippen LogP contribution in [-0.2, 0) is 69.7 Å². The molecule has 31 nitrogen and oxygen atoms in total. The summed E-state index contributed by atoms with van der Waals surface area (Å²) < 4.78 is 81.0. The fourth-order valence-electron chi connectivity index (χ4n) is 6.54. The zero-order chi connectivity index (χ0) is 50.9. The van der Waals surface area contributed by atoms with Gasteiger partial charge in [-0.15, -0.1) is 0 Å². The Balaban J connectivity index is 1.47. The van der Waals surface area contributed by atoms with Gasteiger partial charge in [0.1, 0.15) is 48.9 Å². The third-order valence-electron chi connectivity index (χ3n) is 9.62. The molecule has 1 aromatic rings. The van der Waals surface area contributed by atoms with E-state index in [1.165, 1.54) is 6.07 Å². The van der Waals surface area contributed by atoms with E-state index >= 15 is 0 Å². The van der Waals surface area contributed by atoms with Gasteiger partial charge in [0.15, 0.2) is 11.8 Å². The predicted molar refractivity (Wildman–Crippen MR) is 228 cm³/mol. The van der Waals surface area contributed by atoms with Gasteiger partial charge in [0.05, 0.1) is 17.2 Å². The summed E-state index contributed by atoms with van der Waals surface area (Å²) in [7, 11) is -23.1. The molecule has 1 amide bonds. The maximum Gasteiger partial charge on any atom is 0.472 e. The molecular formula is C33H57N5O26P4. The van der Waals surface area contributed by atoms with Crippen LogP contribution in [-0.4, -0.2) is 136 Å². The highest BCUT2D eigenvalue weighted by atomic mass is 31.2. The molecule has 2 aliphatic rings. The summed E-state index contributed by atoms with van der Waals surface area (Å²) in [6.07, 6.45) is -13.2. The molecule has 0 radical (unpaired) electrons. The molecule has 1 fully saturated rings. The lowest BCUT2D eigenvalue weighted by molar-refractivity contribution is -0.384. The van der Waals surface area contributed by atoms with Gasteiger partial charge in [-0.1, -0.05) is 32.6 Å². The Kier molecular flexibility index (Phi) is 23.8. The zero-order valence-corrected chi connectivity index (χ0v) is 39.8. The first-order valence-corrected chi connectivity index (χ1v) is 26.9. The van der Waals surface area contributed by atoms with E-state index in [1.807, 2.05) is 6.92 Å². The highest BCUT2D eigenvalue weighted by Crippen LogP contribution is 2.53. The molecule has 8 atom stereocenters. The maximum atomic E-state index is 13.1. The number of ether oxygens (including phenoxy) is 2. The number of nitro benzene ring substituents is 1. The van der Waals surface area contributed by atoms with Crippen molar-refractivity contribution in [2.75, 3.05) is 42.6 Å². The van der Waals surface area contributed by atoms with E-state index in [2.05, 4.69) is 35.2 Å². The number of hydrogen-bond acceptors (Lipinski definition) is 22. The highest BCUT2D eigenvalue weighted by molar-refractivity contribution is 7.47. The number of esters is 2. The summed E-state index contributed by atoms with van der Waals surface area (Å²) in [5.74, 6) is -1.79. The van der Waals surface area contributed by atoms with Crippen molar-refractivity contribution in [3.05, 3.63) is 22.2 Å². The minimum Gasteiger partial charge on any atom is -0.462 e. The Bertz CT molecular complexity index is 2000. The Labute approximate surface area is 387 Å². The second-order valence-electron chi connectivity index (χ2n) is 15.1. The van der Waals surface area contributed by atoms with E-state index in [9.17, 15) is 87.2 Å². The van der Waals surface area contributed by atoms with Crippen LogP contribution in [0, 0.1) is 10.1 Å². The summed E-state index contributed by atoms with van der Waals surface area (Å²) >= 11 is 0.